The summed E-state index contributed by atoms with van der Waals surface area (Å²) in [4.78, 5) is 0. The summed E-state index contributed by atoms with van der Waals surface area (Å²) in [5.41, 5.74) is 5.12. The van der Waals surface area contributed by atoms with Gasteiger partial charge < -0.3 is 15.6 Å². The van der Waals surface area contributed by atoms with E-state index in [2.05, 4.69) is 33.0 Å². The molecule has 0 bridgehead atoms. The second kappa shape index (κ2) is 13.7. The number of unbranched alkanes of at least 4 members (excludes halogenated alkanes) is 3. The summed E-state index contributed by atoms with van der Waals surface area (Å²) in [5, 5.41) is 8.89. The fourth-order valence-corrected chi connectivity index (χ4v) is 1.47. The van der Waals surface area contributed by atoms with Crippen LogP contribution in [0.1, 0.15) is 59.8 Å². The highest BCUT2D eigenvalue weighted by molar-refractivity contribution is 7.80. The summed E-state index contributed by atoms with van der Waals surface area (Å²) in [6.07, 6.45) is 5.57. The Bertz CT molecular complexity index is 167. The van der Waals surface area contributed by atoms with Crippen molar-refractivity contribution in [1.29, 1.82) is 0 Å². The van der Waals surface area contributed by atoms with Gasteiger partial charge in [0, 0.05) is 0 Å². The largest absolute Gasteiger partial charge is 0.471 e. The summed E-state index contributed by atoms with van der Waals surface area (Å²) >= 11 is 4.53. The van der Waals surface area contributed by atoms with Crippen LogP contribution in [0.5, 0.6) is 0 Å². The van der Waals surface area contributed by atoms with Gasteiger partial charge in [-0.25, -0.2) is 0 Å². The van der Waals surface area contributed by atoms with Gasteiger partial charge in [0.2, 0.25) is 0 Å². The molecular formula is C13H29NO2S. The van der Waals surface area contributed by atoms with Gasteiger partial charge in [-0.05, 0) is 37.9 Å². The molecule has 0 fully saturated rings. The molecule has 0 saturated heterocycles. The Morgan fingerprint density at radius 2 is 1.82 bits per heavy atom. The number of hydrogen-bond donors (Lipinski definition) is 2. The van der Waals surface area contributed by atoms with E-state index >= 15 is 0 Å². The van der Waals surface area contributed by atoms with Crippen molar-refractivity contribution in [1.82, 2.24) is 0 Å². The first kappa shape index (κ1) is 19.0. The minimum Gasteiger partial charge on any atom is -0.471 e. The summed E-state index contributed by atoms with van der Waals surface area (Å²) in [6, 6.07) is 0. The van der Waals surface area contributed by atoms with Crippen molar-refractivity contribution in [2.45, 2.75) is 65.9 Å². The molecule has 0 aromatic carbocycles. The fourth-order valence-electron chi connectivity index (χ4n) is 1.38. The van der Waals surface area contributed by atoms with Crippen LogP contribution in [-0.2, 0) is 4.74 Å². The number of hydrogen-bond acceptors (Lipinski definition) is 3. The molecule has 0 spiro atoms. The van der Waals surface area contributed by atoms with Gasteiger partial charge in [0.15, 0.2) is 0 Å². The quantitative estimate of drug-likeness (QED) is 0.547. The number of nitrogens with two attached hydrogens (primary N) is 1. The Hall–Kier alpha value is -0.350. The Morgan fingerprint density at radius 3 is 2.12 bits per heavy atom. The molecule has 4 heteroatoms. The fraction of sp³-hybridized carbons (Fsp3) is 0.923. The molecule has 0 saturated carbocycles. The van der Waals surface area contributed by atoms with Crippen LogP contribution in [0.15, 0.2) is 0 Å². The maximum atomic E-state index is 8.72. The van der Waals surface area contributed by atoms with E-state index in [-0.39, 0.29) is 11.3 Å². The van der Waals surface area contributed by atoms with Crippen molar-refractivity contribution < 1.29 is 9.84 Å². The van der Waals surface area contributed by atoms with Crippen molar-refractivity contribution in [3.63, 3.8) is 0 Å². The highest BCUT2D eigenvalue weighted by atomic mass is 32.1. The summed E-state index contributed by atoms with van der Waals surface area (Å²) in [5.74, 6) is 0.625. The molecule has 0 aromatic rings. The second-order valence-electron chi connectivity index (χ2n) is 4.71. The predicted octanol–water partition coefficient (Wildman–Crippen LogP) is 3.24. The third kappa shape index (κ3) is 25.7. The zero-order valence-electron chi connectivity index (χ0n) is 11.7. The van der Waals surface area contributed by atoms with Crippen LogP contribution in [-0.4, -0.2) is 23.0 Å². The van der Waals surface area contributed by atoms with Crippen LogP contribution in [0.2, 0.25) is 0 Å². The molecule has 104 valence electrons. The van der Waals surface area contributed by atoms with Crippen LogP contribution in [0, 0.1) is 5.92 Å². The molecule has 0 aliphatic rings. The first-order valence-electron chi connectivity index (χ1n) is 6.50. The smallest absolute Gasteiger partial charge is 0.253 e. The third-order valence-corrected chi connectivity index (χ3v) is 2.17. The molecule has 0 rings (SSSR count). The number of thiocarbonyl (C=S) groups is 1. The van der Waals surface area contributed by atoms with Gasteiger partial charge in [0.25, 0.3) is 5.17 Å². The average molecular weight is 263 g/mol. The van der Waals surface area contributed by atoms with Crippen LogP contribution < -0.4 is 5.73 Å². The van der Waals surface area contributed by atoms with Gasteiger partial charge in [-0.1, -0.05) is 40.0 Å². The molecule has 0 amide bonds. The van der Waals surface area contributed by atoms with E-state index in [1.165, 1.54) is 19.3 Å². The maximum absolute atomic E-state index is 8.72. The normalized spacial score (nSPS) is 11.6. The standard InChI is InChI=1S/C7H15NOS.C6H14O/c1-2-3-4-5-6-9-7(8)10;1-5(2)4-6(3)7/h2-6H2,1H3,(H2,8,10);5-7H,4H2,1-3H3. The van der Waals surface area contributed by atoms with E-state index in [4.69, 9.17) is 15.6 Å². The lowest BCUT2D eigenvalue weighted by atomic mass is 10.1. The van der Waals surface area contributed by atoms with E-state index in [9.17, 15) is 0 Å². The van der Waals surface area contributed by atoms with Gasteiger partial charge in [-0.15, -0.1) is 0 Å². The van der Waals surface area contributed by atoms with Crippen molar-refractivity contribution >= 4 is 17.4 Å². The topological polar surface area (TPSA) is 55.5 Å². The highest BCUT2D eigenvalue weighted by Gasteiger charge is 1.97. The molecule has 1 unspecified atom stereocenters. The molecule has 0 radical (unpaired) electrons. The van der Waals surface area contributed by atoms with Crippen LogP contribution in [0.4, 0.5) is 0 Å². The molecule has 0 heterocycles. The molecule has 3 nitrogen and oxygen atoms in total. The molecule has 0 aromatic heterocycles. The number of aliphatic hydroxyl groups is 1. The Kier molecular flexibility index (Phi) is 15.3. The van der Waals surface area contributed by atoms with Gasteiger partial charge in [-0.3, -0.25) is 0 Å². The number of rotatable bonds is 7. The Balaban J connectivity index is 0. The van der Waals surface area contributed by atoms with Gasteiger partial charge in [0.1, 0.15) is 0 Å². The van der Waals surface area contributed by atoms with Crippen molar-refractivity contribution in [3.8, 4) is 0 Å². The molecule has 0 aliphatic carbocycles. The van der Waals surface area contributed by atoms with Crippen molar-refractivity contribution in [2.75, 3.05) is 6.61 Å². The van der Waals surface area contributed by atoms with Gasteiger partial charge in [0.05, 0.1) is 12.7 Å². The van der Waals surface area contributed by atoms with Crippen LogP contribution in [0.25, 0.3) is 0 Å². The predicted molar refractivity (Wildman–Crippen MR) is 78.0 cm³/mol. The Labute approximate surface area is 112 Å². The molecule has 17 heavy (non-hydrogen) atoms. The molecule has 3 N–H and O–H groups in total. The molecule has 0 aliphatic heterocycles. The minimum atomic E-state index is -0.125. The lowest BCUT2D eigenvalue weighted by Crippen LogP contribution is -2.13. The monoisotopic (exact) mass is 263 g/mol. The van der Waals surface area contributed by atoms with Gasteiger partial charge in [-0.2, -0.15) is 0 Å². The van der Waals surface area contributed by atoms with E-state index in [0.717, 1.165) is 12.8 Å². The second-order valence-corrected chi connectivity index (χ2v) is 5.11. The highest BCUT2D eigenvalue weighted by Crippen LogP contribution is 2.02. The van der Waals surface area contributed by atoms with Crippen LogP contribution >= 0.6 is 12.2 Å². The first-order valence-corrected chi connectivity index (χ1v) is 6.91. The van der Waals surface area contributed by atoms with E-state index < -0.39 is 0 Å². The zero-order chi connectivity index (χ0) is 13.7. The lowest BCUT2D eigenvalue weighted by Gasteiger charge is -2.04. The lowest BCUT2D eigenvalue weighted by molar-refractivity contribution is 0.168. The average Bonchev–Trinajstić information content (AvgIpc) is 2.15. The number of aliphatic hydroxyl groups excluding tert-OH is 1. The third-order valence-electron chi connectivity index (χ3n) is 2.05. The SMILES string of the molecule is CC(C)CC(C)O.CCCCCCOC(N)=S. The van der Waals surface area contributed by atoms with Gasteiger partial charge >= 0.3 is 0 Å². The van der Waals surface area contributed by atoms with E-state index in [1.54, 1.807) is 0 Å². The zero-order valence-corrected chi connectivity index (χ0v) is 12.6. The van der Waals surface area contributed by atoms with E-state index in [0.29, 0.717) is 12.5 Å². The first-order chi connectivity index (χ1) is 7.90. The van der Waals surface area contributed by atoms with Crippen LogP contribution in [0.3, 0.4) is 0 Å². The van der Waals surface area contributed by atoms with Crippen molar-refractivity contribution in [2.24, 2.45) is 11.7 Å². The molecule has 1 atom stereocenters. The maximum Gasteiger partial charge on any atom is 0.253 e. The number of ether oxygens (including phenoxy) is 1. The summed E-state index contributed by atoms with van der Waals surface area (Å²) in [6.45, 7) is 8.88. The van der Waals surface area contributed by atoms with Crippen molar-refractivity contribution in [3.05, 3.63) is 0 Å². The molecular weight excluding hydrogens is 234 g/mol. The Morgan fingerprint density at radius 1 is 1.24 bits per heavy atom. The summed E-state index contributed by atoms with van der Waals surface area (Å²) in [7, 11) is 0. The van der Waals surface area contributed by atoms with E-state index in [1.807, 2.05) is 6.92 Å². The minimum absolute atomic E-state index is 0.125. The summed E-state index contributed by atoms with van der Waals surface area (Å²) < 4.78 is 4.90.